The predicted octanol–water partition coefficient (Wildman–Crippen LogP) is 3.48. The molecule has 0 saturated heterocycles. The quantitative estimate of drug-likeness (QED) is 0.633. The van der Waals surface area contributed by atoms with Gasteiger partial charge in [-0.25, -0.2) is 8.42 Å². The Labute approximate surface area is 159 Å². The third kappa shape index (κ3) is 4.45. The summed E-state index contributed by atoms with van der Waals surface area (Å²) in [4.78, 5) is 11.7. The van der Waals surface area contributed by atoms with E-state index in [1.807, 2.05) is 0 Å². The van der Waals surface area contributed by atoms with Crippen molar-refractivity contribution >= 4 is 49.2 Å². The van der Waals surface area contributed by atoms with Crippen molar-refractivity contribution in [1.82, 2.24) is 0 Å². The molecule has 134 valence electrons. The molecule has 0 saturated carbocycles. The lowest BCUT2D eigenvalue weighted by Gasteiger charge is -2.23. The van der Waals surface area contributed by atoms with Gasteiger partial charge in [-0.05, 0) is 52.3 Å². The Morgan fingerprint density at radius 3 is 2.48 bits per heavy atom. The Hall–Kier alpha value is -1.77. The van der Waals surface area contributed by atoms with E-state index >= 15 is 0 Å². The summed E-state index contributed by atoms with van der Waals surface area (Å²) >= 11 is 9.22. The number of anilines is 1. The largest absolute Gasteiger partial charge is 0.496 e. The van der Waals surface area contributed by atoms with Crippen molar-refractivity contribution in [2.75, 3.05) is 25.1 Å². The summed E-state index contributed by atoms with van der Waals surface area (Å²) in [6.45, 7) is -0.483. The summed E-state index contributed by atoms with van der Waals surface area (Å²) in [6, 6.07) is 10.5. The molecule has 0 N–H and O–H groups in total. The number of hydrogen-bond donors (Lipinski definition) is 0. The van der Waals surface area contributed by atoms with Crippen molar-refractivity contribution in [3.05, 3.63) is 52.0 Å². The first-order valence-electron chi connectivity index (χ1n) is 6.98. The number of nitrogens with zero attached hydrogens (tertiary/aromatic N) is 1. The summed E-state index contributed by atoms with van der Waals surface area (Å²) in [6.07, 6.45) is 0. The number of benzene rings is 2. The normalized spacial score (nSPS) is 11.0. The molecule has 0 bridgehead atoms. The highest BCUT2D eigenvalue weighted by Crippen LogP contribution is 2.31. The van der Waals surface area contributed by atoms with Crippen LogP contribution in [-0.4, -0.2) is 35.2 Å². The highest BCUT2D eigenvalue weighted by atomic mass is 79.9. The predicted molar refractivity (Wildman–Crippen MR) is 98.7 cm³/mol. The zero-order chi connectivity index (χ0) is 18.6. The molecule has 0 spiro atoms. The van der Waals surface area contributed by atoms with Gasteiger partial charge in [0.15, 0.2) is 0 Å². The molecular weight excluding hydrogens is 434 g/mol. The number of halogens is 2. The average Bonchev–Trinajstić information content (AvgIpc) is 2.59. The minimum atomic E-state index is -4.04. The van der Waals surface area contributed by atoms with Gasteiger partial charge in [0.1, 0.15) is 12.3 Å². The van der Waals surface area contributed by atoms with E-state index < -0.39 is 22.5 Å². The van der Waals surface area contributed by atoms with E-state index in [4.69, 9.17) is 16.3 Å². The molecule has 0 amide bonds. The van der Waals surface area contributed by atoms with Gasteiger partial charge >= 0.3 is 5.97 Å². The van der Waals surface area contributed by atoms with Crippen LogP contribution in [0.1, 0.15) is 0 Å². The fourth-order valence-electron chi connectivity index (χ4n) is 2.06. The maximum atomic E-state index is 13.1. The van der Waals surface area contributed by atoms with E-state index in [9.17, 15) is 13.2 Å². The van der Waals surface area contributed by atoms with Gasteiger partial charge in [0.2, 0.25) is 0 Å². The first kappa shape index (κ1) is 19.6. The molecule has 0 heterocycles. The molecule has 2 rings (SSSR count). The number of sulfonamides is 1. The van der Waals surface area contributed by atoms with Crippen molar-refractivity contribution in [2.24, 2.45) is 0 Å². The zero-order valence-electron chi connectivity index (χ0n) is 13.4. The molecule has 0 unspecified atom stereocenters. The SMILES string of the molecule is COC(=O)CN(c1cccc(Cl)c1)S(=O)(=O)c1ccc(OC)c(Br)c1. The van der Waals surface area contributed by atoms with E-state index in [-0.39, 0.29) is 10.6 Å². The van der Waals surface area contributed by atoms with E-state index in [0.29, 0.717) is 15.2 Å². The minimum Gasteiger partial charge on any atom is -0.496 e. The molecule has 0 aromatic heterocycles. The van der Waals surface area contributed by atoms with Crippen LogP contribution in [0, 0.1) is 0 Å². The second-order valence-corrected chi connectivity index (χ2v) is 8.02. The number of methoxy groups -OCH3 is 2. The zero-order valence-corrected chi connectivity index (χ0v) is 16.6. The van der Waals surface area contributed by atoms with E-state index in [0.717, 1.165) is 4.31 Å². The molecule has 25 heavy (non-hydrogen) atoms. The second kappa shape index (κ2) is 8.07. The molecule has 0 aliphatic rings. The van der Waals surface area contributed by atoms with E-state index in [1.54, 1.807) is 18.2 Å². The van der Waals surface area contributed by atoms with Crippen molar-refractivity contribution in [1.29, 1.82) is 0 Å². The third-order valence-corrected chi connectivity index (χ3v) is 5.93. The molecule has 0 fully saturated rings. The van der Waals surface area contributed by atoms with Gasteiger partial charge in [0, 0.05) is 5.02 Å². The van der Waals surface area contributed by atoms with Crippen LogP contribution in [0.3, 0.4) is 0 Å². The second-order valence-electron chi connectivity index (χ2n) is 4.86. The van der Waals surface area contributed by atoms with Crippen LogP contribution in [0.15, 0.2) is 51.8 Å². The van der Waals surface area contributed by atoms with Crippen LogP contribution in [-0.2, 0) is 19.6 Å². The van der Waals surface area contributed by atoms with Gasteiger partial charge in [-0.15, -0.1) is 0 Å². The Morgan fingerprint density at radius 2 is 1.92 bits per heavy atom. The smallest absolute Gasteiger partial charge is 0.326 e. The van der Waals surface area contributed by atoms with Crippen molar-refractivity contribution < 1.29 is 22.7 Å². The summed E-state index contributed by atoms with van der Waals surface area (Å²) in [7, 11) is -1.37. The van der Waals surface area contributed by atoms with Crippen LogP contribution in [0.4, 0.5) is 5.69 Å². The topological polar surface area (TPSA) is 72.9 Å². The number of ether oxygens (including phenoxy) is 2. The molecule has 0 atom stereocenters. The Morgan fingerprint density at radius 1 is 1.20 bits per heavy atom. The van der Waals surface area contributed by atoms with Crippen LogP contribution >= 0.6 is 27.5 Å². The van der Waals surface area contributed by atoms with Gasteiger partial charge in [-0.3, -0.25) is 9.10 Å². The number of carbonyl (C=O) groups excluding carboxylic acids is 1. The summed E-state index contributed by atoms with van der Waals surface area (Å²) in [5.41, 5.74) is 0.254. The van der Waals surface area contributed by atoms with Crippen molar-refractivity contribution in [2.45, 2.75) is 4.90 Å². The first-order chi connectivity index (χ1) is 11.8. The third-order valence-electron chi connectivity index (χ3n) is 3.31. The van der Waals surface area contributed by atoms with Crippen LogP contribution in [0.5, 0.6) is 5.75 Å². The summed E-state index contributed by atoms with van der Waals surface area (Å²) in [5, 5.41) is 0.346. The minimum absolute atomic E-state index is 0.0101. The first-order valence-corrected chi connectivity index (χ1v) is 9.59. The van der Waals surface area contributed by atoms with Crippen LogP contribution in [0.25, 0.3) is 0 Å². The number of carbonyl (C=O) groups is 1. The standard InChI is InChI=1S/C16H15BrClNO5S/c1-23-15-7-6-13(9-14(15)17)25(21,22)19(10-16(20)24-2)12-5-3-4-11(18)8-12/h3-9H,10H2,1-2H3. The lowest BCUT2D eigenvalue weighted by Crippen LogP contribution is -2.36. The molecule has 0 radical (unpaired) electrons. The molecule has 6 nitrogen and oxygen atoms in total. The lowest BCUT2D eigenvalue weighted by atomic mass is 10.3. The van der Waals surface area contributed by atoms with Gasteiger partial charge < -0.3 is 9.47 Å². The van der Waals surface area contributed by atoms with Crippen molar-refractivity contribution in [3.63, 3.8) is 0 Å². The summed E-state index contributed by atoms with van der Waals surface area (Å²) < 4.78 is 37.3. The number of rotatable bonds is 6. The molecule has 2 aromatic carbocycles. The van der Waals surface area contributed by atoms with Gasteiger partial charge in [-0.1, -0.05) is 17.7 Å². The molecule has 2 aromatic rings. The maximum absolute atomic E-state index is 13.1. The molecular formula is C16H15BrClNO5S. The van der Waals surface area contributed by atoms with Gasteiger partial charge in [0.25, 0.3) is 10.0 Å². The van der Waals surface area contributed by atoms with Gasteiger partial charge in [-0.2, -0.15) is 0 Å². The van der Waals surface area contributed by atoms with E-state index in [2.05, 4.69) is 20.7 Å². The van der Waals surface area contributed by atoms with Crippen LogP contribution < -0.4 is 9.04 Å². The molecule has 0 aliphatic heterocycles. The Bertz CT molecular complexity index is 888. The molecule has 0 aliphatic carbocycles. The van der Waals surface area contributed by atoms with Crippen LogP contribution in [0.2, 0.25) is 5.02 Å². The fraction of sp³-hybridized carbons (Fsp3) is 0.188. The number of hydrogen-bond acceptors (Lipinski definition) is 5. The highest BCUT2D eigenvalue weighted by Gasteiger charge is 2.28. The fourth-order valence-corrected chi connectivity index (χ4v) is 4.37. The average molecular weight is 449 g/mol. The van der Waals surface area contributed by atoms with E-state index in [1.165, 1.54) is 38.5 Å². The van der Waals surface area contributed by atoms with Gasteiger partial charge in [0.05, 0.1) is 29.3 Å². The lowest BCUT2D eigenvalue weighted by molar-refractivity contribution is -0.138. The highest BCUT2D eigenvalue weighted by molar-refractivity contribution is 9.10. The number of esters is 1. The Balaban J connectivity index is 2.55. The maximum Gasteiger partial charge on any atom is 0.326 e. The van der Waals surface area contributed by atoms with Crippen molar-refractivity contribution in [3.8, 4) is 5.75 Å². The monoisotopic (exact) mass is 447 g/mol. The Kier molecular flexibility index (Phi) is 6.31. The molecule has 9 heteroatoms. The summed E-state index contributed by atoms with van der Waals surface area (Å²) in [5.74, 6) is -0.211.